The number of carbonyl (C=O) groups is 1. The number of imidazole rings is 1. The first kappa shape index (κ1) is 21.2. The lowest BCUT2D eigenvalue weighted by atomic mass is 9.97. The molecule has 8 nitrogen and oxygen atoms in total. The molecule has 0 bridgehead atoms. The highest BCUT2D eigenvalue weighted by Gasteiger charge is 2.34. The maximum atomic E-state index is 13.1. The second-order valence-electron chi connectivity index (χ2n) is 7.06. The number of ether oxygens (including phenoxy) is 1. The predicted octanol–water partition coefficient (Wildman–Crippen LogP) is 3.11. The maximum Gasteiger partial charge on any atom is 0.349 e. The third-order valence-corrected chi connectivity index (χ3v) is 8.97. The van der Waals surface area contributed by atoms with Gasteiger partial charge >= 0.3 is 5.97 Å². The molecule has 160 valence electrons. The van der Waals surface area contributed by atoms with Gasteiger partial charge in [0.15, 0.2) is 0 Å². The van der Waals surface area contributed by atoms with Crippen LogP contribution in [0, 0.1) is 6.92 Å². The van der Waals surface area contributed by atoms with Crippen molar-refractivity contribution in [3.05, 3.63) is 50.6 Å². The van der Waals surface area contributed by atoms with Crippen molar-refractivity contribution in [2.45, 2.75) is 37.1 Å². The number of thiophene rings is 1. The Balaban J connectivity index is 1.47. The number of nitrogens with zero attached hydrogens (tertiary/aromatic N) is 4. The van der Waals surface area contributed by atoms with Gasteiger partial charge in [0.2, 0.25) is 10.0 Å². The van der Waals surface area contributed by atoms with Crippen molar-refractivity contribution in [2.75, 3.05) is 20.2 Å². The van der Waals surface area contributed by atoms with Crippen molar-refractivity contribution in [3.8, 4) is 0 Å². The fraction of sp³-hybridized carbons (Fsp3) is 0.421. The Morgan fingerprint density at radius 1 is 1.30 bits per heavy atom. The molecule has 4 rings (SSSR count). The van der Waals surface area contributed by atoms with Crippen LogP contribution in [-0.4, -0.2) is 53.4 Å². The second kappa shape index (κ2) is 8.58. The highest BCUT2D eigenvalue weighted by Crippen LogP contribution is 2.32. The van der Waals surface area contributed by atoms with Gasteiger partial charge in [0.05, 0.1) is 24.4 Å². The zero-order valence-corrected chi connectivity index (χ0v) is 19.1. The van der Waals surface area contributed by atoms with E-state index in [4.69, 9.17) is 4.74 Å². The number of rotatable bonds is 6. The van der Waals surface area contributed by atoms with Gasteiger partial charge < -0.3 is 9.30 Å². The van der Waals surface area contributed by atoms with Crippen LogP contribution >= 0.6 is 22.7 Å². The summed E-state index contributed by atoms with van der Waals surface area (Å²) in [5.41, 5.74) is 1.00. The molecule has 1 fully saturated rings. The fourth-order valence-corrected chi connectivity index (χ4v) is 7.09. The largest absolute Gasteiger partial charge is 0.465 e. The molecule has 0 radical (unpaired) electrons. The fourth-order valence-electron chi connectivity index (χ4n) is 3.71. The summed E-state index contributed by atoms with van der Waals surface area (Å²) in [6.45, 7) is 3.41. The van der Waals surface area contributed by atoms with E-state index >= 15 is 0 Å². The van der Waals surface area contributed by atoms with E-state index in [1.807, 2.05) is 18.5 Å². The van der Waals surface area contributed by atoms with Crippen LogP contribution in [0.25, 0.3) is 0 Å². The molecule has 0 amide bonds. The number of aromatic nitrogens is 3. The molecule has 0 spiro atoms. The molecule has 1 saturated heterocycles. The van der Waals surface area contributed by atoms with Gasteiger partial charge in [0.1, 0.15) is 15.6 Å². The second-order valence-corrected chi connectivity index (χ2v) is 10.9. The Labute approximate surface area is 183 Å². The summed E-state index contributed by atoms with van der Waals surface area (Å²) in [5, 5.41) is 4.68. The Hall–Kier alpha value is -2.08. The summed E-state index contributed by atoms with van der Waals surface area (Å²) < 4.78 is 34.4. The molecule has 0 aromatic carbocycles. The minimum absolute atomic E-state index is 0.0261. The van der Waals surface area contributed by atoms with Gasteiger partial charge in [-0.05, 0) is 31.2 Å². The minimum atomic E-state index is -3.75. The van der Waals surface area contributed by atoms with Crippen molar-refractivity contribution < 1.29 is 17.9 Å². The van der Waals surface area contributed by atoms with Crippen LogP contribution in [0.1, 0.15) is 45.0 Å². The number of hydrogen-bond acceptors (Lipinski definition) is 8. The molecule has 0 N–H and O–H groups in total. The van der Waals surface area contributed by atoms with Gasteiger partial charge in [-0.25, -0.2) is 23.2 Å². The monoisotopic (exact) mass is 466 g/mol. The minimum Gasteiger partial charge on any atom is -0.465 e. The third-order valence-electron chi connectivity index (χ3n) is 5.18. The molecule has 0 atom stereocenters. The molecule has 30 heavy (non-hydrogen) atoms. The van der Waals surface area contributed by atoms with E-state index < -0.39 is 16.0 Å². The summed E-state index contributed by atoms with van der Waals surface area (Å²) in [7, 11) is -2.50. The molecule has 11 heteroatoms. The molecule has 4 heterocycles. The average Bonchev–Trinajstić information content (AvgIpc) is 3.49. The predicted molar refractivity (Wildman–Crippen MR) is 115 cm³/mol. The van der Waals surface area contributed by atoms with Crippen LogP contribution in [-0.2, 0) is 21.3 Å². The van der Waals surface area contributed by atoms with E-state index in [1.54, 1.807) is 22.9 Å². The van der Waals surface area contributed by atoms with E-state index in [0.717, 1.165) is 27.9 Å². The summed E-state index contributed by atoms with van der Waals surface area (Å²) in [5.74, 6) is 0.509. The van der Waals surface area contributed by atoms with Crippen molar-refractivity contribution in [3.63, 3.8) is 0 Å². The quantitative estimate of drug-likeness (QED) is 0.518. The number of thiazole rings is 1. The molecule has 0 unspecified atom stereocenters. The molecule has 3 aromatic rings. The zero-order valence-electron chi connectivity index (χ0n) is 16.6. The number of sulfonamides is 1. The highest BCUT2D eigenvalue weighted by atomic mass is 32.2. The number of carbonyl (C=O) groups excluding carboxylic acids is 1. The van der Waals surface area contributed by atoms with Crippen LogP contribution < -0.4 is 0 Å². The van der Waals surface area contributed by atoms with Gasteiger partial charge in [-0.3, -0.25) is 0 Å². The Bertz CT molecular complexity index is 1140. The van der Waals surface area contributed by atoms with Crippen molar-refractivity contribution >= 4 is 38.7 Å². The lowest BCUT2D eigenvalue weighted by molar-refractivity contribution is 0.0602. The van der Waals surface area contributed by atoms with Gasteiger partial charge in [0, 0.05) is 36.8 Å². The SMILES string of the molecule is COC(=O)c1sccc1S(=O)(=O)N1CCC(c2nccn2Cc2csc(C)n2)CC1. The van der Waals surface area contributed by atoms with E-state index in [1.165, 1.54) is 17.5 Å². The zero-order chi connectivity index (χ0) is 21.3. The first-order chi connectivity index (χ1) is 14.4. The molecule has 3 aromatic heterocycles. The lowest BCUT2D eigenvalue weighted by Crippen LogP contribution is -2.38. The summed E-state index contributed by atoms with van der Waals surface area (Å²) >= 11 is 2.70. The van der Waals surface area contributed by atoms with Crippen molar-refractivity contribution in [1.82, 2.24) is 18.8 Å². The number of hydrogen-bond donors (Lipinski definition) is 0. The molecule has 0 aliphatic carbocycles. The van der Waals surface area contributed by atoms with Crippen LogP contribution in [0.15, 0.2) is 34.1 Å². The number of methoxy groups -OCH3 is 1. The Morgan fingerprint density at radius 2 is 2.07 bits per heavy atom. The van der Waals surface area contributed by atoms with Crippen molar-refractivity contribution in [1.29, 1.82) is 0 Å². The highest BCUT2D eigenvalue weighted by molar-refractivity contribution is 7.89. The van der Waals surface area contributed by atoms with Gasteiger partial charge in [-0.2, -0.15) is 4.31 Å². The van der Waals surface area contributed by atoms with E-state index in [2.05, 4.69) is 14.5 Å². The van der Waals surface area contributed by atoms with Crippen LogP contribution in [0.2, 0.25) is 0 Å². The van der Waals surface area contributed by atoms with Gasteiger partial charge in [-0.15, -0.1) is 22.7 Å². The van der Waals surface area contributed by atoms with Crippen LogP contribution in [0.5, 0.6) is 0 Å². The van der Waals surface area contributed by atoms with Crippen molar-refractivity contribution in [2.24, 2.45) is 0 Å². The Kier molecular flexibility index (Phi) is 6.05. The maximum absolute atomic E-state index is 13.1. The molecule has 0 saturated carbocycles. The van der Waals surface area contributed by atoms with Gasteiger partial charge in [-0.1, -0.05) is 0 Å². The van der Waals surface area contributed by atoms with Crippen LogP contribution in [0.4, 0.5) is 0 Å². The molecule has 1 aliphatic heterocycles. The number of piperidine rings is 1. The smallest absolute Gasteiger partial charge is 0.349 e. The average molecular weight is 467 g/mol. The standard InChI is InChI=1S/C19H22N4O4S3/c1-13-21-15(12-29-13)11-22-9-6-20-18(22)14-3-7-23(8-4-14)30(25,26)16-5-10-28-17(16)19(24)27-2/h5-6,9-10,12,14H,3-4,7-8,11H2,1-2H3. The molecular formula is C19H22N4O4S3. The number of aryl methyl sites for hydroxylation is 1. The first-order valence-corrected chi connectivity index (χ1v) is 12.7. The topological polar surface area (TPSA) is 94.4 Å². The molecular weight excluding hydrogens is 444 g/mol. The normalized spacial score (nSPS) is 16.1. The van der Waals surface area contributed by atoms with Crippen LogP contribution in [0.3, 0.4) is 0 Å². The van der Waals surface area contributed by atoms with Gasteiger partial charge in [0.25, 0.3) is 0 Å². The summed E-state index contributed by atoms with van der Waals surface area (Å²) in [6.07, 6.45) is 5.07. The van der Waals surface area contributed by atoms with E-state index in [-0.39, 0.29) is 15.7 Å². The summed E-state index contributed by atoms with van der Waals surface area (Å²) in [6, 6.07) is 1.47. The van der Waals surface area contributed by atoms with E-state index in [9.17, 15) is 13.2 Å². The third kappa shape index (κ3) is 4.07. The molecule has 1 aliphatic rings. The van der Waals surface area contributed by atoms with E-state index in [0.29, 0.717) is 32.5 Å². The lowest BCUT2D eigenvalue weighted by Gasteiger charge is -2.31. The Morgan fingerprint density at radius 3 is 2.73 bits per heavy atom. The number of esters is 1. The summed E-state index contributed by atoms with van der Waals surface area (Å²) in [4.78, 5) is 21.1. The first-order valence-electron chi connectivity index (χ1n) is 9.48.